The quantitative estimate of drug-likeness (QED) is 0.787. The van der Waals surface area contributed by atoms with E-state index in [9.17, 15) is 4.79 Å². The molecule has 0 bridgehead atoms. The standard InChI is InChI=1S/C14H18ClNO2S/c15-12-3-1-2-4-13(12)19-10-7-14(18)16(8-9-17)11-5-6-11/h1-4,11,17H,5-10H2. The van der Waals surface area contributed by atoms with Gasteiger partial charge < -0.3 is 10.0 Å². The van der Waals surface area contributed by atoms with Crippen LogP contribution in [0, 0.1) is 0 Å². The van der Waals surface area contributed by atoms with Crippen LogP contribution in [0.15, 0.2) is 29.2 Å². The number of benzene rings is 1. The van der Waals surface area contributed by atoms with E-state index in [1.165, 1.54) is 0 Å². The average Bonchev–Trinajstić information content (AvgIpc) is 3.22. The van der Waals surface area contributed by atoms with E-state index in [1.54, 1.807) is 11.8 Å². The number of nitrogens with zero attached hydrogens (tertiary/aromatic N) is 1. The highest BCUT2D eigenvalue weighted by Crippen LogP contribution is 2.29. The topological polar surface area (TPSA) is 40.5 Å². The van der Waals surface area contributed by atoms with Crippen LogP contribution < -0.4 is 0 Å². The maximum Gasteiger partial charge on any atom is 0.223 e. The molecule has 3 nitrogen and oxygen atoms in total. The number of aliphatic hydroxyl groups excluding tert-OH is 1. The Bertz CT molecular complexity index is 437. The highest BCUT2D eigenvalue weighted by atomic mass is 35.5. The SMILES string of the molecule is O=C(CCSc1ccccc1Cl)N(CCO)C1CC1. The van der Waals surface area contributed by atoms with Crippen LogP contribution in [-0.4, -0.2) is 40.9 Å². The zero-order valence-corrected chi connectivity index (χ0v) is 12.3. The summed E-state index contributed by atoms with van der Waals surface area (Å²) in [7, 11) is 0. The van der Waals surface area contributed by atoms with Crippen molar-refractivity contribution in [3.8, 4) is 0 Å². The molecule has 0 aromatic heterocycles. The Kier molecular flexibility index (Phi) is 5.55. The normalized spacial score (nSPS) is 14.4. The van der Waals surface area contributed by atoms with Gasteiger partial charge in [-0.3, -0.25) is 4.79 Å². The van der Waals surface area contributed by atoms with Gasteiger partial charge in [0.25, 0.3) is 0 Å². The van der Waals surface area contributed by atoms with Crippen LogP contribution in [0.25, 0.3) is 0 Å². The third-order valence-corrected chi connectivity index (χ3v) is 4.58. The molecule has 0 unspecified atom stereocenters. The molecule has 104 valence electrons. The fraction of sp³-hybridized carbons (Fsp3) is 0.500. The third-order valence-electron chi connectivity index (χ3n) is 3.06. The summed E-state index contributed by atoms with van der Waals surface area (Å²) >= 11 is 7.66. The van der Waals surface area contributed by atoms with Crippen molar-refractivity contribution in [3.05, 3.63) is 29.3 Å². The summed E-state index contributed by atoms with van der Waals surface area (Å²) < 4.78 is 0. The van der Waals surface area contributed by atoms with Gasteiger partial charge in [-0.05, 0) is 25.0 Å². The third kappa shape index (κ3) is 4.41. The number of thioether (sulfide) groups is 1. The summed E-state index contributed by atoms with van der Waals surface area (Å²) in [6, 6.07) is 8.02. The van der Waals surface area contributed by atoms with Crippen molar-refractivity contribution in [2.75, 3.05) is 18.9 Å². The van der Waals surface area contributed by atoms with Crippen molar-refractivity contribution in [1.82, 2.24) is 4.90 Å². The summed E-state index contributed by atoms with van der Waals surface area (Å²) in [5.41, 5.74) is 0. The molecular weight excluding hydrogens is 282 g/mol. The zero-order chi connectivity index (χ0) is 13.7. The van der Waals surface area contributed by atoms with Crippen LogP contribution in [0.4, 0.5) is 0 Å². The van der Waals surface area contributed by atoms with Crippen molar-refractivity contribution >= 4 is 29.3 Å². The number of amides is 1. The lowest BCUT2D eigenvalue weighted by Gasteiger charge is -2.21. The second-order valence-electron chi connectivity index (χ2n) is 4.57. The molecule has 0 saturated heterocycles. The zero-order valence-electron chi connectivity index (χ0n) is 10.7. The van der Waals surface area contributed by atoms with Crippen molar-refractivity contribution in [2.45, 2.75) is 30.2 Å². The van der Waals surface area contributed by atoms with Gasteiger partial charge >= 0.3 is 0 Å². The van der Waals surface area contributed by atoms with E-state index >= 15 is 0 Å². The molecule has 1 saturated carbocycles. The first-order chi connectivity index (χ1) is 9.22. The van der Waals surface area contributed by atoms with Gasteiger partial charge in [-0.2, -0.15) is 0 Å². The predicted molar refractivity (Wildman–Crippen MR) is 78.6 cm³/mol. The molecule has 0 spiro atoms. The number of carbonyl (C=O) groups is 1. The van der Waals surface area contributed by atoms with Gasteiger partial charge in [-0.1, -0.05) is 23.7 Å². The van der Waals surface area contributed by atoms with Crippen LogP contribution in [0.3, 0.4) is 0 Å². The maximum atomic E-state index is 12.1. The lowest BCUT2D eigenvalue weighted by Crippen LogP contribution is -2.35. The summed E-state index contributed by atoms with van der Waals surface area (Å²) in [4.78, 5) is 14.9. The van der Waals surface area contributed by atoms with Crippen LogP contribution in [0.1, 0.15) is 19.3 Å². The Balaban J connectivity index is 1.78. The largest absolute Gasteiger partial charge is 0.395 e. The van der Waals surface area contributed by atoms with Gasteiger partial charge in [0, 0.05) is 29.7 Å². The molecule has 1 aromatic carbocycles. The van der Waals surface area contributed by atoms with E-state index in [-0.39, 0.29) is 12.5 Å². The van der Waals surface area contributed by atoms with Gasteiger partial charge in [-0.25, -0.2) is 0 Å². The van der Waals surface area contributed by atoms with Gasteiger partial charge in [0.05, 0.1) is 11.6 Å². The molecule has 1 N–H and O–H groups in total. The molecule has 1 aliphatic carbocycles. The summed E-state index contributed by atoms with van der Waals surface area (Å²) in [6.45, 7) is 0.500. The first-order valence-electron chi connectivity index (χ1n) is 6.50. The minimum absolute atomic E-state index is 0.0416. The van der Waals surface area contributed by atoms with E-state index in [2.05, 4.69) is 0 Å². The number of carbonyl (C=O) groups excluding carboxylic acids is 1. The fourth-order valence-corrected chi connectivity index (χ4v) is 3.14. The molecule has 0 aliphatic heterocycles. The number of rotatable bonds is 7. The van der Waals surface area contributed by atoms with Crippen molar-refractivity contribution < 1.29 is 9.90 Å². The number of hydrogen-bond donors (Lipinski definition) is 1. The lowest BCUT2D eigenvalue weighted by molar-refractivity contribution is -0.131. The van der Waals surface area contributed by atoms with Crippen molar-refractivity contribution in [2.24, 2.45) is 0 Å². The Morgan fingerprint density at radius 3 is 2.79 bits per heavy atom. The van der Waals surface area contributed by atoms with Crippen molar-refractivity contribution in [1.29, 1.82) is 0 Å². The highest BCUT2D eigenvalue weighted by Gasteiger charge is 2.31. The number of aliphatic hydroxyl groups is 1. The maximum absolute atomic E-state index is 12.1. The minimum Gasteiger partial charge on any atom is -0.395 e. The van der Waals surface area contributed by atoms with Gasteiger partial charge in [0.15, 0.2) is 0 Å². The predicted octanol–water partition coefficient (Wildman–Crippen LogP) is 2.81. The van der Waals surface area contributed by atoms with E-state index in [1.807, 2.05) is 29.2 Å². The van der Waals surface area contributed by atoms with Crippen LogP contribution >= 0.6 is 23.4 Å². The van der Waals surface area contributed by atoms with Gasteiger partial charge in [0.1, 0.15) is 0 Å². The van der Waals surface area contributed by atoms with E-state index in [0.29, 0.717) is 19.0 Å². The molecule has 1 fully saturated rings. The number of hydrogen-bond acceptors (Lipinski definition) is 3. The minimum atomic E-state index is 0.0416. The molecular formula is C14H18ClNO2S. The molecule has 19 heavy (non-hydrogen) atoms. The molecule has 1 aliphatic rings. The van der Waals surface area contributed by atoms with Crippen LogP contribution in [0.5, 0.6) is 0 Å². The number of halogens is 1. The monoisotopic (exact) mass is 299 g/mol. The molecule has 0 radical (unpaired) electrons. The average molecular weight is 300 g/mol. The Morgan fingerprint density at radius 2 is 2.16 bits per heavy atom. The molecule has 0 heterocycles. The van der Waals surface area contributed by atoms with Crippen LogP contribution in [0.2, 0.25) is 5.02 Å². The highest BCUT2D eigenvalue weighted by molar-refractivity contribution is 7.99. The van der Waals surface area contributed by atoms with Gasteiger partial charge in [-0.15, -0.1) is 11.8 Å². The van der Waals surface area contributed by atoms with Crippen LogP contribution in [-0.2, 0) is 4.79 Å². The smallest absolute Gasteiger partial charge is 0.223 e. The fourth-order valence-electron chi connectivity index (χ4n) is 1.96. The van der Waals surface area contributed by atoms with Gasteiger partial charge in [0.2, 0.25) is 5.91 Å². The second kappa shape index (κ2) is 7.17. The van der Waals surface area contributed by atoms with Crippen molar-refractivity contribution in [3.63, 3.8) is 0 Å². The summed E-state index contributed by atoms with van der Waals surface area (Å²) in [5.74, 6) is 0.855. The molecule has 1 amide bonds. The molecule has 0 atom stereocenters. The summed E-state index contributed by atoms with van der Waals surface area (Å²) in [6.07, 6.45) is 2.64. The summed E-state index contributed by atoms with van der Waals surface area (Å²) in [5, 5.41) is 9.72. The molecule has 2 rings (SSSR count). The second-order valence-corrected chi connectivity index (χ2v) is 6.11. The lowest BCUT2D eigenvalue weighted by atomic mass is 10.3. The van der Waals surface area contributed by atoms with E-state index in [4.69, 9.17) is 16.7 Å². The Hall–Kier alpha value is -0.710. The van der Waals surface area contributed by atoms with E-state index in [0.717, 1.165) is 28.5 Å². The first kappa shape index (κ1) is 14.7. The molecule has 1 aromatic rings. The Morgan fingerprint density at radius 1 is 1.42 bits per heavy atom. The van der Waals surface area contributed by atoms with E-state index < -0.39 is 0 Å². The Labute approximate surface area is 122 Å². The first-order valence-corrected chi connectivity index (χ1v) is 7.86. The molecule has 5 heteroatoms.